The van der Waals surface area contributed by atoms with E-state index in [1.54, 1.807) is 18.2 Å². The molecule has 0 saturated carbocycles. The van der Waals surface area contributed by atoms with Gasteiger partial charge in [0.1, 0.15) is 5.82 Å². The molecule has 35 heavy (non-hydrogen) atoms. The maximum absolute atomic E-state index is 12.0. The standard InChI is InChI=1S/C25H22Cl2N4O.CO2/c1-3-28-25(32)17-6-8-21(9-7-17)29-24-15-23(18-12-19(26)14-20(27)13-18)30-31(24)22-10-4-16(2)5-11-22;2-1-3/h4-15,29H,3H2,1-2H3,(H,28,32);. The lowest BCUT2D eigenvalue weighted by molar-refractivity contribution is -0.191. The van der Waals surface area contributed by atoms with Crippen molar-refractivity contribution in [3.05, 3.63) is 94.0 Å². The number of benzene rings is 3. The van der Waals surface area contributed by atoms with Crippen LogP contribution in [0.3, 0.4) is 0 Å². The van der Waals surface area contributed by atoms with Crippen LogP contribution in [0.4, 0.5) is 11.5 Å². The Morgan fingerprint density at radius 1 is 0.943 bits per heavy atom. The Bertz CT molecular complexity index is 1320. The van der Waals surface area contributed by atoms with Gasteiger partial charge in [-0.1, -0.05) is 40.9 Å². The molecule has 0 radical (unpaired) electrons. The summed E-state index contributed by atoms with van der Waals surface area (Å²) in [5.41, 5.74) is 5.08. The molecule has 0 aliphatic heterocycles. The number of nitrogens with zero attached hydrogens (tertiary/aromatic N) is 2. The van der Waals surface area contributed by atoms with E-state index in [2.05, 4.69) is 10.6 Å². The van der Waals surface area contributed by atoms with E-state index in [0.29, 0.717) is 22.2 Å². The predicted octanol–water partition coefficient (Wildman–Crippen LogP) is 6.06. The van der Waals surface area contributed by atoms with Crippen LogP contribution in [0.5, 0.6) is 0 Å². The van der Waals surface area contributed by atoms with Crippen molar-refractivity contribution in [2.24, 2.45) is 0 Å². The van der Waals surface area contributed by atoms with E-state index in [1.165, 1.54) is 5.56 Å². The number of carbonyl (C=O) groups excluding carboxylic acids is 3. The molecule has 0 atom stereocenters. The molecule has 0 bridgehead atoms. The van der Waals surface area contributed by atoms with Crippen LogP contribution in [0.25, 0.3) is 16.9 Å². The first kappa shape index (κ1) is 25.7. The Morgan fingerprint density at radius 2 is 1.54 bits per heavy atom. The molecule has 178 valence electrons. The Kier molecular flexibility index (Phi) is 8.81. The molecule has 0 aliphatic carbocycles. The van der Waals surface area contributed by atoms with Gasteiger partial charge in [0.25, 0.3) is 5.91 Å². The number of hydrogen-bond donors (Lipinski definition) is 2. The minimum Gasteiger partial charge on any atom is -0.352 e. The van der Waals surface area contributed by atoms with Crippen molar-refractivity contribution < 1.29 is 14.4 Å². The van der Waals surface area contributed by atoms with E-state index in [1.807, 2.05) is 73.1 Å². The summed E-state index contributed by atoms with van der Waals surface area (Å²) < 4.78 is 1.83. The highest BCUT2D eigenvalue weighted by Crippen LogP contribution is 2.31. The molecule has 2 N–H and O–H groups in total. The van der Waals surface area contributed by atoms with E-state index in [9.17, 15) is 4.79 Å². The average molecular weight is 509 g/mol. The smallest absolute Gasteiger partial charge is 0.352 e. The number of hydrogen-bond acceptors (Lipinski definition) is 5. The molecule has 0 fully saturated rings. The van der Waals surface area contributed by atoms with Crippen molar-refractivity contribution >= 4 is 46.8 Å². The van der Waals surface area contributed by atoms with E-state index in [0.717, 1.165) is 28.5 Å². The van der Waals surface area contributed by atoms with Gasteiger partial charge in [-0.15, -0.1) is 0 Å². The van der Waals surface area contributed by atoms with E-state index >= 15 is 0 Å². The van der Waals surface area contributed by atoms with Crippen LogP contribution in [-0.4, -0.2) is 28.4 Å². The molecule has 0 aliphatic rings. The van der Waals surface area contributed by atoms with Crippen molar-refractivity contribution in [2.45, 2.75) is 13.8 Å². The van der Waals surface area contributed by atoms with Gasteiger partial charge in [0.2, 0.25) is 0 Å². The van der Waals surface area contributed by atoms with Gasteiger partial charge in [0.15, 0.2) is 0 Å². The highest BCUT2D eigenvalue weighted by molar-refractivity contribution is 6.35. The summed E-state index contributed by atoms with van der Waals surface area (Å²) in [4.78, 5) is 28.3. The van der Waals surface area contributed by atoms with Gasteiger partial charge in [0, 0.05) is 39.5 Å². The summed E-state index contributed by atoms with van der Waals surface area (Å²) in [5, 5.41) is 12.1. The van der Waals surface area contributed by atoms with Gasteiger partial charge in [-0.05, 0) is 68.4 Å². The fraction of sp³-hybridized carbons (Fsp3) is 0.115. The summed E-state index contributed by atoms with van der Waals surface area (Å²) in [6.07, 6.45) is 0.250. The number of carbonyl (C=O) groups is 1. The van der Waals surface area contributed by atoms with Crippen LogP contribution in [0.1, 0.15) is 22.8 Å². The van der Waals surface area contributed by atoms with Gasteiger partial charge >= 0.3 is 6.15 Å². The van der Waals surface area contributed by atoms with Crippen LogP contribution >= 0.6 is 23.2 Å². The maximum atomic E-state index is 12.0. The molecule has 0 unspecified atom stereocenters. The van der Waals surface area contributed by atoms with Gasteiger partial charge in [0.05, 0.1) is 11.4 Å². The van der Waals surface area contributed by atoms with Crippen LogP contribution in [0.15, 0.2) is 72.8 Å². The summed E-state index contributed by atoms with van der Waals surface area (Å²) in [6.45, 7) is 4.53. The number of aromatic nitrogens is 2. The lowest BCUT2D eigenvalue weighted by Gasteiger charge is -2.11. The van der Waals surface area contributed by atoms with Crippen LogP contribution in [0.2, 0.25) is 10.0 Å². The molecule has 9 heteroatoms. The second kappa shape index (κ2) is 12.0. The van der Waals surface area contributed by atoms with Crippen LogP contribution in [0, 0.1) is 6.92 Å². The molecule has 1 aromatic heterocycles. The van der Waals surface area contributed by atoms with Crippen molar-refractivity contribution in [1.29, 1.82) is 0 Å². The molecule has 1 amide bonds. The zero-order valence-corrected chi connectivity index (χ0v) is 20.5. The topological polar surface area (TPSA) is 93.1 Å². The number of amides is 1. The number of rotatable bonds is 6. The first-order valence-corrected chi connectivity index (χ1v) is 11.4. The molecule has 3 aromatic carbocycles. The third-order valence-corrected chi connectivity index (χ3v) is 5.34. The number of nitrogens with one attached hydrogen (secondary N) is 2. The summed E-state index contributed by atoms with van der Waals surface area (Å²) in [6, 6.07) is 22.7. The molecule has 1 heterocycles. The monoisotopic (exact) mass is 508 g/mol. The highest BCUT2D eigenvalue weighted by Gasteiger charge is 2.13. The van der Waals surface area contributed by atoms with E-state index < -0.39 is 0 Å². The third kappa shape index (κ3) is 6.80. The Hall–Kier alpha value is -3.90. The van der Waals surface area contributed by atoms with Gasteiger partial charge < -0.3 is 10.6 Å². The lowest BCUT2D eigenvalue weighted by atomic mass is 10.1. The maximum Gasteiger partial charge on any atom is 0.373 e. The van der Waals surface area contributed by atoms with Crippen LogP contribution < -0.4 is 10.6 Å². The molecule has 0 saturated heterocycles. The number of halogens is 2. The predicted molar refractivity (Wildman–Crippen MR) is 136 cm³/mol. The van der Waals surface area contributed by atoms with E-state index in [-0.39, 0.29) is 12.1 Å². The average Bonchev–Trinajstić information content (AvgIpc) is 3.24. The zero-order chi connectivity index (χ0) is 25.4. The van der Waals surface area contributed by atoms with Gasteiger partial charge in [-0.2, -0.15) is 14.7 Å². The molecular weight excluding hydrogens is 487 g/mol. The van der Waals surface area contributed by atoms with Crippen molar-refractivity contribution in [3.63, 3.8) is 0 Å². The first-order chi connectivity index (χ1) is 16.8. The summed E-state index contributed by atoms with van der Waals surface area (Å²) in [5.74, 6) is 0.676. The summed E-state index contributed by atoms with van der Waals surface area (Å²) >= 11 is 12.4. The van der Waals surface area contributed by atoms with Crippen LogP contribution in [-0.2, 0) is 9.59 Å². The molecule has 0 spiro atoms. The van der Waals surface area contributed by atoms with E-state index in [4.69, 9.17) is 37.9 Å². The quantitative estimate of drug-likeness (QED) is 0.330. The largest absolute Gasteiger partial charge is 0.373 e. The fourth-order valence-electron chi connectivity index (χ4n) is 3.31. The second-order valence-electron chi connectivity index (χ2n) is 7.47. The van der Waals surface area contributed by atoms with Crippen molar-refractivity contribution in [3.8, 4) is 16.9 Å². The van der Waals surface area contributed by atoms with Gasteiger partial charge in [-0.3, -0.25) is 4.79 Å². The zero-order valence-electron chi connectivity index (χ0n) is 19.0. The van der Waals surface area contributed by atoms with Crippen molar-refractivity contribution in [1.82, 2.24) is 15.1 Å². The minimum atomic E-state index is -0.0936. The highest BCUT2D eigenvalue weighted by atomic mass is 35.5. The second-order valence-corrected chi connectivity index (χ2v) is 8.34. The SMILES string of the molecule is CCNC(=O)c1ccc(Nc2cc(-c3cc(Cl)cc(Cl)c3)nn2-c2ccc(C)cc2)cc1.O=C=O. The Labute approximate surface area is 212 Å². The van der Waals surface area contributed by atoms with Crippen molar-refractivity contribution in [2.75, 3.05) is 11.9 Å². The Morgan fingerprint density at radius 3 is 2.11 bits per heavy atom. The third-order valence-electron chi connectivity index (χ3n) is 4.90. The molecule has 4 rings (SSSR count). The molecule has 7 nitrogen and oxygen atoms in total. The first-order valence-electron chi connectivity index (χ1n) is 10.6. The normalized spacial score (nSPS) is 10.1. The number of anilines is 2. The fourth-order valence-corrected chi connectivity index (χ4v) is 3.84. The molecule has 4 aromatic rings. The lowest BCUT2D eigenvalue weighted by Crippen LogP contribution is -2.22. The number of aryl methyl sites for hydroxylation is 1. The Balaban J connectivity index is 0.00000108. The molecular formula is C26H22Cl2N4O3. The van der Waals surface area contributed by atoms with Gasteiger partial charge in [-0.25, -0.2) is 4.68 Å². The minimum absolute atomic E-state index is 0.0936. The summed E-state index contributed by atoms with van der Waals surface area (Å²) in [7, 11) is 0.